The predicted molar refractivity (Wildman–Crippen MR) is 44.8 cm³/mol. The van der Waals surface area contributed by atoms with Crippen LogP contribution in [-0.4, -0.2) is 18.4 Å². The molecule has 0 aliphatic heterocycles. The molecule has 0 radical (unpaired) electrons. The monoisotopic (exact) mass is 150 g/mol. The SMILES string of the molecule is CNN=Cc1ccc(O)cc1. The van der Waals surface area contributed by atoms with Gasteiger partial charge in [-0.15, -0.1) is 0 Å². The minimum Gasteiger partial charge on any atom is -0.508 e. The van der Waals surface area contributed by atoms with Crippen LogP contribution < -0.4 is 5.43 Å². The maximum Gasteiger partial charge on any atom is 0.115 e. The topological polar surface area (TPSA) is 44.6 Å². The Kier molecular flexibility index (Phi) is 2.49. The number of hydrazone groups is 1. The van der Waals surface area contributed by atoms with Crippen LogP contribution in [0.2, 0.25) is 0 Å². The van der Waals surface area contributed by atoms with Crippen molar-refractivity contribution in [1.82, 2.24) is 5.43 Å². The molecule has 0 bridgehead atoms. The van der Waals surface area contributed by atoms with Crippen LogP contribution in [0.5, 0.6) is 5.75 Å². The van der Waals surface area contributed by atoms with Gasteiger partial charge in [0, 0.05) is 7.05 Å². The summed E-state index contributed by atoms with van der Waals surface area (Å²) in [7, 11) is 1.73. The Morgan fingerprint density at radius 2 is 2.00 bits per heavy atom. The van der Waals surface area contributed by atoms with Crippen LogP contribution in [-0.2, 0) is 0 Å². The standard InChI is InChI=1S/C8H10N2O/c1-9-10-6-7-2-4-8(11)5-3-7/h2-6,9,11H,1H3. The summed E-state index contributed by atoms with van der Waals surface area (Å²) in [6.07, 6.45) is 1.68. The highest BCUT2D eigenvalue weighted by Gasteiger charge is 1.86. The molecule has 0 spiro atoms. The molecule has 0 fully saturated rings. The molecule has 0 saturated carbocycles. The fourth-order valence-corrected chi connectivity index (χ4v) is 0.699. The first-order chi connectivity index (χ1) is 5.33. The van der Waals surface area contributed by atoms with E-state index in [9.17, 15) is 0 Å². The zero-order valence-corrected chi connectivity index (χ0v) is 6.28. The third kappa shape index (κ3) is 2.29. The van der Waals surface area contributed by atoms with E-state index in [-0.39, 0.29) is 5.75 Å². The Morgan fingerprint density at radius 1 is 1.36 bits per heavy atom. The van der Waals surface area contributed by atoms with Crippen LogP contribution >= 0.6 is 0 Å². The molecule has 3 heteroatoms. The summed E-state index contributed by atoms with van der Waals surface area (Å²) >= 11 is 0. The van der Waals surface area contributed by atoms with E-state index in [4.69, 9.17) is 5.11 Å². The lowest BCUT2D eigenvalue weighted by Gasteiger charge is -1.92. The molecular formula is C8H10N2O. The normalized spacial score (nSPS) is 10.3. The smallest absolute Gasteiger partial charge is 0.115 e. The maximum atomic E-state index is 8.92. The van der Waals surface area contributed by atoms with Crippen LogP contribution in [0, 0.1) is 0 Å². The number of aromatic hydroxyl groups is 1. The second-order valence-electron chi connectivity index (χ2n) is 2.07. The summed E-state index contributed by atoms with van der Waals surface area (Å²) in [4.78, 5) is 0. The van der Waals surface area contributed by atoms with Crippen LogP contribution in [0.4, 0.5) is 0 Å². The van der Waals surface area contributed by atoms with Gasteiger partial charge in [0.25, 0.3) is 0 Å². The van der Waals surface area contributed by atoms with Crippen molar-refractivity contribution in [1.29, 1.82) is 0 Å². The quantitative estimate of drug-likeness (QED) is 0.487. The van der Waals surface area contributed by atoms with Crippen molar-refractivity contribution in [2.75, 3.05) is 7.05 Å². The molecule has 0 heterocycles. The van der Waals surface area contributed by atoms with Gasteiger partial charge in [-0.1, -0.05) is 0 Å². The van der Waals surface area contributed by atoms with Crippen molar-refractivity contribution in [3.8, 4) is 5.75 Å². The van der Waals surface area contributed by atoms with E-state index in [1.54, 1.807) is 37.5 Å². The Labute approximate surface area is 65.4 Å². The highest BCUT2D eigenvalue weighted by Crippen LogP contribution is 2.07. The number of hydrogen-bond donors (Lipinski definition) is 2. The average Bonchev–Trinajstić information content (AvgIpc) is 2.04. The van der Waals surface area contributed by atoms with E-state index in [0.29, 0.717) is 0 Å². The van der Waals surface area contributed by atoms with Crippen molar-refractivity contribution in [2.45, 2.75) is 0 Å². The molecule has 0 saturated heterocycles. The summed E-state index contributed by atoms with van der Waals surface area (Å²) in [6.45, 7) is 0. The van der Waals surface area contributed by atoms with E-state index in [2.05, 4.69) is 10.5 Å². The van der Waals surface area contributed by atoms with Gasteiger partial charge >= 0.3 is 0 Å². The highest BCUT2D eigenvalue weighted by molar-refractivity contribution is 5.79. The van der Waals surface area contributed by atoms with Gasteiger partial charge in [-0.05, 0) is 29.8 Å². The molecule has 0 aromatic heterocycles. The molecule has 58 valence electrons. The van der Waals surface area contributed by atoms with Crippen LogP contribution in [0.25, 0.3) is 0 Å². The fraction of sp³-hybridized carbons (Fsp3) is 0.125. The van der Waals surface area contributed by atoms with Crippen LogP contribution in [0.1, 0.15) is 5.56 Å². The Bertz CT molecular complexity index is 241. The average molecular weight is 150 g/mol. The van der Waals surface area contributed by atoms with Crippen molar-refractivity contribution in [3.63, 3.8) is 0 Å². The zero-order valence-electron chi connectivity index (χ0n) is 6.28. The Balaban J connectivity index is 2.73. The summed E-state index contributed by atoms with van der Waals surface area (Å²) in [6, 6.07) is 6.82. The fourth-order valence-electron chi connectivity index (χ4n) is 0.699. The van der Waals surface area contributed by atoms with E-state index < -0.39 is 0 Å². The molecule has 0 unspecified atom stereocenters. The molecular weight excluding hydrogens is 140 g/mol. The minimum absolute atomic E-state index is 0.270. The van der Waals surface area contributed by atoms with Crippen LogP contribution in [0.15, 0.2) is 29.4 Å². The summed E-state index contributed by atoms with van der Waals surface area (Å²) in [5, 5.41) is 12.7. The van der Waals surface area contributed by atoms with Gasteiger partial charge in [-0.2, -0.15) is 5.10 Å². The molecule has 1 aromatic carbocycles. The van der Waals surface area contributed by atoms with E-state index in [0.717, 1.165) is 5.56 Å². The number of phenols is 1. The number of hydrogen-bond acceptors (Lipinski definition) is 3. The van der Waals surface area contributed by atoms with E-state index in [1.807, 2.05) is 0 Å². The zero-order chi connectivity index (χ0) is 8.10. The molecule has 0 atom stereocenters. The van der Waals surface area contributed by atoms with Gasteiger partial charge in [0.2, 0.25) is 0 Å². The van der Waals surface area contributed by atoms with Gasteiger partial charge in [0.1, 0.15) is 5.75 Å². The van der Waals surface area contributed by atoms with Gasteiger partial charge in [-0.3, -0.25) is 0 Å². The van der Waals surface area contributed by atoms with Crippen molar-refractivity contribution < 1.29 is 5.11 Å². The third-order valence-electron chi connectivity index (χ3n) is 1.24. The highest BCUT2D eigenvalue weighted by atomic mass is 16.3. The van der Waals surface area contributed by atoms with Gasteiger partial charge in [0.05, 0.1) is 6.21 Å². The second-order valence-corrected chi connectivity index (χ2v) is 2.07. The molecule has 1 aromatic rings. The van der Waals surface area contributed by atoms with Gasteiger partial charge < -0.3 is 10.5 Å². The lowest BCUT2D eigenvalue weighted by molar-refractivity contribution is 0.475. The first-order valence-corrected chi connectivity index (χ1v) is 3.32. The molecule has 0 aliphatic carbocycles. The maximum absolute atomic E-state index is 8.92. The van der Waals surface area contributed by atoms with Gasteiger partial charge in [-0.25, -0.2) is 0 Å². The second kappa shape index (κ2) is 3.61. The largest absolute Gasteiger partial charge is 0.508 e. The van der Waals surface area contributed by atoms with E-state index in [1.165, 1.54) is 0 Å². The Hall–Kier alpha value is -1.51. The molecule has 0 aliphatic rings. The summed E-state index contributed by atoms with van der Waals surface area (Å²) < 4.78 is 0. The molecule has 1 rings (SSSR count). The van der Waals surface area contributed by atoms with Crippen molar-refractivity contribution >= 4 is 6.21 Å². The first-order valence-electron chi connectivity index (χ1n) is 3.32. The number of nitrogens with zero attached hydrogens (tertiary/aromatic N) is 1. The third-order valence-corrected chi connectivity index (χ3v) is 1.24. The minimum atomic E-state index is 0.270. The number of rotatable bonds is 2. The van der Waals surface area contributed by atoms with Crippen LogP contribution in [0.3, 0.4) is 0 Å². The predicted octanol–water partition coefficient (Wildman–Crippen LogP) is 0.946. The molecule has 2 N–H and O–H groups in total. The molecule has 0 amide bonds. The van der Waals surface area contributed by atoms with Crippen molar-refractivity contribution in [2.24, 2.45) is 5.10 Å². The molecule has 3 nitrogen and oxygen atoms in total. The van der Waals surface area contributed by atoms with E-state index >= 15 is 0 Å². The lowest BCUT2D eigenvalue weighted by atomic mass is 10.2. The number of phenolic OH excluding ortho intramolecular Hbond substituents is 1. The number of nitrogens with one attached hydrogen (secondary N) is 1. The van der Waals surface area contributed by atoms with Gasteiger partial charge in [0.15, 0.2) is 0 Å². The van der Waals surface area contributed by atoms with Crippen molar-refractivity contribution in [3.05, 3.63) is 29.8 Å². The summed E-state index contributed by atoms with van der Waals surface area (Å²) in [5.41, 5.74) is 3.59. The molecule has 11 heavy (non-hydrogen) atoms. The Morgan fingerprint density at radius 3 is 2.55 bits per heavy atom. The number of benzene rings is 1. The lowest BCUT2D eigenvalue weighted by Crippen LogP contribution is -1.94. The first kappa shape index (κ1) is 7.60. The summed E-state index contributed by atoms with van der Waals surface area (Å²) in [5.74, 6) is 0.270.